The summed E-state index contributed by atoms with van der Waals surface area (Å²) in [4.78, 5) is 10.6. The summed E-state index contributed by atoms with van der Waals surface area (Å²) in [5.41, 5.74) is 5.54. The van der Waals surface area contributed by atoms with E-state index in [1.807, 2.05) is 0 Å². The maximum Gasteiger partial charge on any atom is 0.321 e. The van der Waals surface area contributed by atoms with Crippen molar-refractivity contribution in [2.24, 2.45) is 17.1 Å². The van der Waals surface area contributed by atoms with Crippen LogP contribution in [0.3, 0.4) is 0 Å². The molecule has 1 unspecified atom stereocenters. The molecular formula is C9H17NO2. The van der Waals surface area contributed by atoms with Crippen LogP contribution in [0.2, 0.25) is 0 Å². The van der Waals surface area contributed by atoms with Gasteiger partial charge in [0, 0.05) is 0 Å². The first-order chi connectivity index (χ1) is 5.48. The van der Waals surface area contributed by atoms with Gasteiger partial charge >= 0.3 is 5.97 Å². The molecule has 0 heterocycles. The number of hydrogen-bond donors (Lipinski definition) is 2. The van der Waals surface area contributed by atoms with Crippen molar-refractivity contribution in [1.29, 1.82) is 0 Å². The topological polar surface area (TPSA) is 63.3 Å². The molecule has 0 amide bonds. The molecule has 0 radical (unpaired) electrons. The Hall–Kier alpha value is -0.570. The fraction of sp³-hybridized carbons (Fsp3) is 0.889. The van der Waals surface area contributed by atoms with Gasteiger partial charge in [-0.05, 0) is 30.6 Å². The van der Waals surface area contributed by atoms with Crippen LogP contribution in [0, 0.1) is 11.3 Å². The van der Waals surface area contributed by atoms with E-state index in [0.717, 1.165) is 19.3 Å². The third-order valence-electron chi connectivity index (χ3n) is 2.63. The molecule has 0 aromatic rings. The van der Waals surface area contributed by atoms with Crippen LogP contribution in [-0.4, -0.2) is 17.1 Å². The van der Waals surface area contributed by atoms with E-state index in [1.165, 1.54) is 0 Å². The Morgan fingerprint density at radius 3 is 2.33 bits per heavy atom. The lowest BCUT2D eigenvalue weighted by Crippen LogP contribution is -2.40. The third-order valence-corrected chi connectivity index (χ3v) is 2.63. The molecule has 0 saturated heterocycles. The summed E-state index contributed by atoms with van der Waals surface area (Å²) >= 11 is 0. The first-order valence-electron chi connectivity index (χ1n) is 4.46. The molecule has 1 aliphatic rings. The van der Waals surface area contributed by atoms with Crippen LogP contribution in [0.4, 0.5) is 0 Å². The Balaban J connectivity index is 2.54. The summed E-state index contributed by atoms with van der Waals surface area (Å²) in [5.74, 6) is -0.314. The molecule has 3 N–H and O–H groups in total. The van der Waals surface area contributed by atoms with Crippen molar-refractivity contribution < 1.29 is 9.90 Å². The molecule has 0 aromatic heterocycles. The van der Waals surface area contributed by atoms with E-state index >= 15 is 0 Å². The lowest BCUT2D eigenvalue weighted by molar-refractivity contribution is -0.140. The first kappa shape index (κ1) is 9.52. The summed E-state index contributed by atoms with van der Waals surface area (Å²) < 4.78 is 0. The minimum Gasteiger partial charge on any atom is -0.480 e. The minimum absolute atomic E-state index is 0.0694. The highest BCUT2D eigenvalue weighted by atomic mass is 16.4. The molecule has 0 aliphatic heterocycles. The van der Waals surface area contributed by atoms with Crippen molar-refractivity contribution in [3.63, 3.8) is 0 Å². The van der Waals surface area contributed by atoms with E-state index in [9.17, 15) is 4.79 Å². The van der Waals surface area contributed by atoms with Crippen molar-refractivity contribution in [2.45, 2.75) is 39.2 Å². The highest BCUT2D eigenvalue weighted by Gasteiger charge is 2.50. The molecule has 1 saturated carbocycles. The van der Waals surface area contributed by atoms with E-state index in [0.29, 0.717) is 5.92 Å². The molecule has 3 heteroatoms. The second-order valence-electron chi connectivity index (χ2n) is 4.28. The number of carboxylic acids is 1. The molecule has 1 fully saturated rings. The smallest absolute Gasteiger partial charge is 0.321 e. The summed E-state index contributed by atoms with van der Waals surface area (Å²) in [6.07, 6.45) is 2.91. The Bertz CT molecular complexity index is 185. The van der Waals surface area contributed by atoms with Gasteiger partial charge in [-0.25, -0.2) is 0 Å². The van der Waals surface area contributed by atoms with Crippen molar-refractivity contribution in [1.82, 2.24) is 0 Å². The van der Waals surface area contributed by atoms with Gasteiger partial charge in [-0.15, -0.1) is 0 Å². The summed E-state index contributed by atoms with van der Waals surface area (Å²) in [7, 11) is 0. The maximum atomic E-state index is 10.6. The zero-order chi connectivity index (χ0) is 9.35. The normalized spacial score (nSPS) is 22.3. The number of hydrogen-bond acceptors (Lipinski definition) is 2. The number of carboxylic acid groups (broad SMARTS) is 1. The molecule has 1 atom stereocenters. The van der Waals surface area contributed by atoms with E-state index in [4.69, 9.17) is 10.8 Å². The van der Waals surface area contributed by atoms with E-state index in [2.05, 4.69) is 13.8 Å². The van der Waals surface area contributed by atoms with E-state index < -0.39 is 12.0 Å². The third kappa shape index (κ3) is 1.78. The number of carbonyl (C=O) groups is 1. The largest absolute Gasteiger partial charge is 0.480 e. The zero-order valence-corrected chi connectivity index (χ0v) is 7.71. The van der Waals surface area contributed by atoms with Crippen LogP contribution < -0.4 is 5.73 Å². The van der Waals surface area contributed by atoms with Gasteiger partial charge < -0.3 is 10.8 Å². The Morgan fingerprint density at radius 1 is 1.58 bits per heavy atom. The molecule has 0 aromatic carbocycles. The van der Waals surface area contributed by atoms with Crippen LogP contribution in [0.5, 0.6) is 0 Å². The lowest BCUT2D eigenvalue weighted by Gasteiger charge is -2.21. The minimum atomic E-state index is -0.854. The van der Waals surface area contributed by atoms with Crippen LogP contribution in [0.15, 0.2) is 0 Å². The van der Waals surface area contributed by atoms with Crippen molar-refractivity contribution >= 4 is 5.97 Å². The maximum absolute atomic E-state index is 10.6. The summed E-state index contributed by atoms with van der Waals surface area (Å²) in [6, 6.07) is -0.653. The van der Waals surface area contributed by atoms with E-state index in [-0.39, 0.29) is 5.41 Å². The van der Waals surface area contributed by atoms with E-state index in [1.54, 1.807) is 0 Å². The predicted molar refractivity (Wildman–Crippen MR) is 46.7 cm³/mol. The average Bonchev–Trinajstić information content (AvgIpc) is 2.66. The van der Waals surface area contributed by atoms with Gasteiger partial charge in [-0.1, -0.05) is 13.8 Å². The molecular weight excluding hydrogens is 154 g/mol. The summed E-state index contributed by atoms with van der Waals surface area (Å²) in [6.45, 7) is 4.21. The molecule has 70 valence electrons. The highest BCUT2D eigenvalue weighted by Crippen LogP contribution is 2.52. The SMILES string of the molecule is CC(C)CC1(C(N)C(=O)O)CC1. The fourth-order valence-electron chi connectivity index (χ4n) is 1.88. The van der Waals surface area contributed by atoms with Crippen molar-refractivity contribution in [2.75, 3.05) is 0 Å². The van der Waals surface area contributed by atoms with Gasteiger partial charge in [0.25, 0.3) is 0 Å². The second kappa shape index (κ2) is 3.05. The number of rotatable bonds is 4. The molecule has 0 bridgehead atoms. The predicted octanol–water partition coefficient (Wildman–Crippen LogP) is 1.22. The summed E-state index contributed by atoms with van der Waals surface area (Å²) in [5, 5.41) is 8.75. The van der Waals surface area contributed by atoms with Gasteiger partial charge in [-0.3, -0.25) is 4.79 Å². The van der Waals surface area contributed by atoms with Crippen LogP contribution in [0.25, 0.3) is 0 Å². The molecule has 0 spiro atoms. The Labute approximate surface area is 72.9 Å². The Kier molecular flexibility index (Phi) is 2.42. The second-order valence-corrected chi connectivity index (χ2v) is 4.28. The van der Waals surface area contributed by atoms with Crippen molar-refractivity contribution in [3.05, 3.63) is 0 Å². The van der Waals surface area contributed by atoms with Gasteiger partial charge in [0.15, 0.2) is 0 Å². The van der Waals surface area contributed by atoms with Gasteiger partial charge in [-0.2, -0.15) is 0 Å². The van der Waals surface area contributed by atoms with Crippen LogP contribution >= 0.6 is 0 Å². The fourth-order valence-corrected chi connectivity index (χ4v) is 1.88. The first-order valence-corrected chi connectivity index (χ1v) is 4.46. The zero-order valence-electron chi connectivity index (χ0n) is 7.71. The molecule has 1 aliphatic carbocycles. The average molecular weight is 171 g/mol. The monoisotopic (exact) mass is 171 g/mol. The number of aliphatic carboxylic acids is 1. The van der Waals surface area contributed by atoms with Crippen LogP contribution in [-0.2, 0) is 4.79 Å². The highest BCUT2D eigenvalue weighted by molar-refractivity contribution is 5.75. The lowest BCUT2D eigenvalue weighted by atomic mass is 9.88. The van der Waals surface area contributed by atoms with Gasteiger partial charge in [0.05, 0.1) is 0 Å². The molecule has 1 rings (SSSR count). The Morgan fingerprint density at radius 2 is 2.08 bits per heavy atom. The van der Waals surface area contributed by atoms with Crippen LogP contribution in [0.1, 0.15) is 33.1 Å². The quantitative estimate of drug-likeness (QED) is 0.668. The van der Waals surface area contributed by atoms with Gasteiger partial charge in [0.1, 0.15) is 6.04 Å². The molecule has 12 heavy (non-hydrogen) atoms. The standard InChI is InChI=1S/C9H17NO2/c1-6(2)5-9(3-4-9)7(10)8(11)12/h6-7H,3-5,10H2,1-2H3,(H,11,12). The number of nitrogens with two attached hydrogens (primary N) is 1. The molecule has 3 nitrogen and oxygen atoms in total. The van der Waals surface area contributed by atoms with Gasteiger partial charge in [0.2, 0.25) is 0 Å². The van der Waals surface area contributed by atoms with Crippen molar-refractivity contribution in [3.8, 4) is 0 Å².